The van der Waals surface area contributed by atoms with E-state index in [4.69, 9.17) is 0 Å². The highest BCUT2D eigenvalue weighted by Gasteiger charge is 2.17. The number of hydrogen-bond donors (Lipinski definition) is 1. The van der Waals surface area contributed by atoms with E-state index < -0.39 is 16.6 Å². The lowest BCUT2D eigenvalue weighted by atomic mass is 10.2. The molecule has 0 fully saturated rings. The first kappa shape index (κ1) is 19.4. The van der Waals surface area contributed by atoms with Crippen molar-refractivity contribution in [3.05, 3.63) is 87.3 Å². The van der Waals surface area contributed by atoms with E-state index in [1.165, 1.54) is 29.1 Å². The molecule has 0 aliphatic rings. The lowest BCUT2D eigenvalue weighted by Gasteiger charge is -2.08. The van der Waals surface area contributed by atoms with E-state index in [0.717, 1.165) is 11.3 Å². The van der Waals surface area contributed by atoms with Crippen LogP contribution in [0.2, 0.25) is 0 Å². The molecule has 0 unspecified atom stereocenters. The molecule has 2 heterocycles. The quantitative estimate of drug-likeness (QED) is 0.373. The molecule has 8 nitrogen and oxygen atoms in total. The van der Waals surface area contributed by atoms with Crippen LogP contribution in [0.25, 0.3) is 16.3 Å². The van der Waals surface area contributed by atoms with Crippen molar-refractivity contribution in [2.75, 3.05) is 5.32 Å². The topological polar surface area (TPSA) is 103 Å². The van der Waals surface area contributed by atoms with E-state index in [-0.39, 0.29) is 5.69 Å². The molecule has 4 aromatic rings. The van der Waals surface area contributed by atoms with Crippen LogP contribution in [0.4, 0.5) is 15.9 Å². The third-order valence-corrected chi connectivity index (χ3v) is 5.24. The molecule has 30 heavy (non-hydrogen) atoms. The largest absolute Gasteiger partial charge is 0.306 e. The van der Waals surface area contributed by atoms with Crippen LogP contribution in [-0.4, -0.2) is 25.6 Å². The summed E-state index contributed by atoms with van der Waals surface area (Å²) >= 11 is 1.07. The number of nitro groups is 1. The van der Waals surface area contributed by atoms with E-state index in [1.807, 2.05) is 0 Å². The van der Waals surface area contributed by atoms with Crippen molar-refractivity contribution in [3.8, 4) is 16.3 Å². The first-order chi connectivity index (χ1) is 14.4. The third-order valence-electron chi connectivity index (χ3n) is 4.21. The number of nitrogens with one attached hydrogen (secondary N) is 1. The van der Waals surface area contributed by atoms with Crippen molar-refractivity contribution in [1.29, 1.82) is 0 Å². The Morgan fingerprint density at radius 2 is 1.93 bits per heavy atom. The number of anilines is 1. The summed E-state index contributed by atoms with van der Waals surface area (Å²) in [5.74, 6) is -0.434. The molecule has 1 N–H and O–H groups in total. The molecular weight excluding hydrogens is 409 g/mol. The fourth-order valence-corrected chi connectivity index (χ4v) is 3.66. The van der Waals surface area contributed by atoms with Crippen molar-refractivity contribution >= 4 is 28.7 Å². The molecule has 1 amide bonds. The molecule has 0 bridgehead atoms. The summed E-state index contributed by atoms with van der Waals surface area (Å²) in [7, 11) is 0. The Bertz CT molecular complexity index is 1250. The second-order valence-electron chi connectivity index (χ2n) is 6.32. The van der Waals surface area contributed by atoms with Crippen molar-refractivity contribution < 1.29 is 14.1 Å². The molecule has 0 radical (unpaired) electrons. The molecular formula is C20H14FN5O3S. The average Bonchev–Trinajstić information content (AvgIpc) is 3.35. The summed E-state index contributed by atoms with van der Waals surface area (Å²) in [5.41, 5.74) is 1.49. The normalized spacial score (nSPS) is 10.7. The zero-order valence-electron chi connectivity index (χ0n) is 15.6. The Morgan fingerprint density at radius 3 is 2.63 bits per heavy atom. The molecule has 0 aliphatic carbocycles. The summed E-state index contributed by atoms with van der Waals surface area (Å²) < 4.78 is 15.4. The first-order valence-corrected chi connectivity index (χ1v) is 9.57. The molecule has 150 valence electrons. The van der Waals surface area contributed by atoms with Gasteiger partial charge < -0.3 is 5.32 Å². The van der Waals surface area contributed by atoms with E-state index in [2.05, 4.69) is 15.4 Å². The van der Waals surface area contributed by atoms with Crippen LogP contribution in [-0.2, 0) is 0 Å². The predicted molar refractivity (Wildman–Crippen MR) is 110 cm³/mol. The second kappa shape index (κ2) is 7.84. The molecule has 10 heteroatoms. The highest BCUT2D eigenvalue weighted by atomic mass is 32.1. The number of carbonyl (C=O) groups is 1. The molecule has 0 atom stereocenters. The summed E-state index contributed by atoms with van der Waals surface area (Å²) in [5, 5.41) is 18.4. The highest BCUT2D eigenvalue weighted by molar-refractivity contribution is 7.17. The van der Waals surface area contributed by atoms with Gasteiger partial charge in [0.1, 0.15) is 21.5 Å². The number of aromatic nitrogens is 3. The summed E-state index contributed by atoms with van der Waals surface area (Å²) in [6.07, 6.45) is 1.39. The van der Waals surface area contributed by atoms with Gasteiger partial charge >= 0.3 is 0 Å². The lowest BCUT2D eigenvalue weighted by molar-refractivity contribution is -0.384. The van der Waals surface area contributed by atoms with Gasteiger partial charge in [0.2, 0.25) is 0 Å². The molecule has 0 saturated heterocycles. The average molecular weight is 423 g/mol. The number of nitrogens with zero attached hydrogens (tertiary/aromatic N) is 4. The zero-order valence-corrected chi connectivity index (χ0v) is 16.4. The fraction of sp³-hybridized carbons (Fsp3) is 0.0500. The lowest BCUT2D eigenvalue weighted by Crippen LogP contribution is -2.14. The van der Waals surface area contributed by atoms with Crippen LogP contribution in [0.1, 0.15) is 15.4 Å². The Morgan fingerprint density at radius 1 is 1.20 bits per heavy atom. The summed E-state index contributed by atoms with van der Waals surface area (Å²) in [4.78, 5) is 27.5. The smallest absolute Gasteiger partial charge is 0.269 e. The van der Waals surface area contributed by atoms with Gasteiger partial charge in [-0.1, -0.05) is 12.1 Å². The standard InChI is InChI=1S/C20H14FN5O3S/c1-12-10-18(25(24-12)13-6-8-14(9-7-13)26(28)29)23-19(27)17-11-22-20(30-17)15-4-2-3-5-16(15)21/h2-11H,1H3,(H,23,27). The van der Waals surface area contributed by atoms with Crippen LogP contribution < -0.4 is 5.32 Å². The van der Waals surface area contributed by atoms with Gasteiger partial charge in [-0.2, -0.15) is 5.10 Å². The molecule has 0 aliphatic heterocycles. The van der Waals surface area contributed by atoms with Crippen molar-refractivity contribution in [2.45, 2.75) is 6.92 Å². The van der Waals surface area contributed by atoms with Crippen molar-refractivity contribution in [2.24, 2.45) is 0 Å². The number of aryl methyl sites for hydroxylation is 1. The monoisotopic (exact) mass is 423 g/mol. The number of hydrogen-bond acceptors (Lipinski definition) is 6. The van der Waals surface area contributed by atoms with Gasteiger partial charge in [0.25, 0.3) is 11.6 Å². The minimum Gasteiger partial charge on any atom is -0.306 e. The molecule has 4 rings (SSSR count). The molecule has 2 aromatic heterocycles. The molecule has 0 saturated carbocycles. The molecule has 0 spiro atoms. The van der Waals surface area contributed by atoms with Gasteiger partial charge in [-0.05, 0) is 31.2 Å². The van der Waals surface area contributed by atoms with Gasteiger partial charge in [0.05, 0.1) is 22.5 Å². The summed E-state index contributed by atoms with van der Waals surface area (Å²) in [6, 6.07) is 13.7. The number of benzene rings is 2. The van der Waals surface area contributed by atoms with Crippen LogP contribution >= 0.6 is 11.3 Å². The zero-order chi connectivity index (χ0) is 21.3. The predicted octanol–water partition coefficient (Wildman–Crippen LogP) is 4.60. The van der Waals surface area contributed by atoms with E-state index in [9.17, 15) is 19.3 Å². The van der Waals surface area contributed by atoms with Crippen LogP contribution in [0, 0.1) is 22.9 Å². The number of carbonyl (C=O) groups excluding carboxylic acids is 1. The minimum atomic E-state index is -0.488. The third kappa shape index (κ3) is 3.80. The minimum absolute atomic E-state index is 0.0430. The van der Waals surface area contributed by atoms with Gasteiger partial charge in [0.15, 0.2) is 0 Å². The van der Waals surface area contributed by atoms with Crippen molar-refractivity contribution in [1.82, 2.24) is 14.8 Å². The second-order valence-corrected chi connectivity index (χ2v) is 7.35. The van der Waals surface area contributed by atoms with E-state index in [0.29, 0.717) is 32.6 Å². The Kier molecular flexibility index (Phi) is 5.07. The van der Waals surface area contributed by atoms with E-state index in [1.54, 1.807) is 43.3 Å². The van der Waals surface area contributed by atoms with Crippen LogP contribution in [0.5, 0.6) is 0 Å². The number of nitro benzene ring substituents is 1. The highest BCUT2D eigenvalue weighted by Crippen LogP contribution is 2.28. The Balaban J connectivity index is 1.59. The van der Waals surface area contributed by atoms with Gasteiger partial charge in [-0.15, -0.1) is 11.3 Å². The number of halogens is 1. The first-order valence-electron chi connectivity index (χ1n) is 8.76. The maximum Gasteiger partial charge on any atom is 0.269 e. The number of amides is 1. The Hall–Kier alpha value is -3.92. The Labute approximate surface area is 173 Å². The maximum absolute atomic E-state index is 14.0. The van der Waals surface area contributed by atoms with Gasteiger partial charge in [0, 0.05) is 23.8 Å². The maximum atomic E-state index is 14.0. The SMILES string of the molecule is Cc1cc(NC(=O)c2cnc(-c3ccccc3F)s2)n(-c2ccc([N+](=O)[O-])cc2)n1. The van der Waals surface area contributed by atoms with Gasteiger partial charge in [-0.3, -0.25) is 14.9 Å². The van der Waals surface area contributed by atoms with Gasteiger partial charge in [-0.25, -0.2) is 14.1 Å². The fourth-order valence-electron chi connectivity index (χ4n) is 2.82. The van der Waals surface area contributed by atoms with Crippen LogP contribution in [0.15, 0.2) is 60.8 Å². The number of thiazole rings is 1. The molecule has 2 aromatic carbocycles. The van der Waals surface area contributed by atoms with E-state index >= 15 is 0 Å². The van der Waals surface area contributed by atoms with Crippen molar-refractivity contribution in [3.63, 3.8) is 0 Å². The summed E-state index contributed by atoms with van der Waals surface area (Å²) in [6.45, 7) is 1.76. The number of rotatable bonds is 5. The van der Waals surface area contributed by atoms with Crippen LogP contribution in [0.3, 0.4) is 0 Å². The number of non-ortho nitro benzene ring substituents is 1.